The summed E-state index contributed by atoms with van der Waals surface area (Å²) in [5.41, 5.74) is 2.21. The second-order valence-corrected chi connectivity index (χ2v) is 12.0. The van der Waals surface area contributed by atoms with Gasteiger partial charge in [0.05, 0.1) is 16.5 Å². The lowest BCUT2D eigenvalue weighted by Gasteiger charge is -2.22. The molecular weight excluding hydrogens is 450 g/mol. The molecule has 0 atom stereocenters. The van der Waals surface area contributed by atoms with Crippen LogP contribution in [-0.2, 0) is 16.6 Å². The number of H-pyrrole nitrogens is 1. The van der Waals surface area contributed by atoms with E-state index in [9.17, 15) is 13.2 Å². The van der Waals surface area contributed by atoms with Gasteiger partial charge in [-0.25, -0.2) is 8.42 Å². The Balaban J connectivity index is 1.31. The Morgan fingerprint density at radius 3 is 2.59 bits per heavy atom. The fourth-order valence-corrected chi connectivity index (χ4v) is 7.71. The van der Waals surface area contributed by atoms with Crippen molar-refractivity contribution in [3.63, 3.8) is 0 Å². The molecule has 0 unspecified atom stereocenters. The number of hydrogen-bond acceptors (Lipinski definition) is 5. The highest BCUT2D eigenvalue weighted by atomic mass is 32.2. The summed E-state index contributed by atoms with van der Waals surface area (Å²) in [4.78, 5) is 15.9. The van der Waals surface area contributed by atoms with Crippen molar-refractivity contribution >= 4 is 32.4 Å². The predicted octanol–water partition coefficient (Wildman–Crippen LogP) is 4.67. The Morgan fingerprint density at radius 2 is 1.79 bits per heavy atom. The van der Waals surface area contributed by atoms with E-state index in [1.54, 1.807) is 22.6 Å². The SMILES string of the molecule is O=c1[nH]ccc2c1c(Nc1ccc3c(c1)CN(CC1CCCC1)S3(=O)=O)nn2C1CCCCC1. The van der Waals surface area contributed by atoms with Crippen LogP contribution in [0.1, 0.15) is 69.4 Å². The molecule has 1 aliphatic heterocycles. The summed E-state index contributed by atoms with van der Waals surface area (Å²) in [5.74, 6) is 0.981. The van der Waals surface area contributed by atoms with Crippen LogP contribution in [-0.4, -0.2) is 34.0 Å². The molecule has 9 heteroatoms. The molecule has 2 aromatic heterocycles. The molecule has 180 valence electrons. The van der Waals surface area contributed by atoms with Crippen LogP contribution in [0.15, 0.2) is 40.2 Å². The van der Waals surface area contributed by atoms with Crippen molar-refractivity contribution < 1.29 is 8.42 Å². The van der Waals surface area contributed by atoms with Crippen molar-refractivity contribution in [2.45, 2.75) is 75.3 Å². The predicted molar refractivity (Wildman–Crippen MR) is 132 cm³/mol. The van der Waals surface area contributed by atoms with Gasteiger partial charge in [0.25, 0.3) is 5.56 Å². The van der Waals surface area contributed by atoms with E-state index in [1.807, 2.05) is 16.8 Å². The first-order valence-electron chi connectivity index (χ1n) is 12.5. The third-order valence-electron chi connectivity index (χ3n) is 7.78. The van der Waals surface area contributed by atoms with Crippen molar-refractivity contribution in [2.75, 3.05) is 11.9 Å². The molecule has 6 rings (SSSR count). The zero-order chi connectivity index (χ0) is 23.3. The second kappa shape index (κ2) is 8.53. The lowest BCUT2D eigenvalue weighted by Crippen LogP contribution is -2.29. The number of anilines is 2. The number of hydrogen-bond donors (Lipinski definition) is 2. The molecule has 8 nitrogen and oxygen atoms in total. The topological polar surface area (TPSA) is 100 Å². The molecule has 3 aromatic rings. The zero-order valence-corrected chi connectivity index (χ0v) is 20.1. The number of fused-ring (bicyclic) bond motifs is 2. The Labute approximate surface area is 199 Å². The molecule has 1 aromatic carbocycles. The first-order valence-corrected chi connectivity index (χ1v) is 13.9. The lowest BCUT2D eigenvalue weighted by molar-refractivity contribution is 0.338. The smallest absolute Gasteiger partial charge is 0.261 e. The summed E-state index contributed by atoms with van der Waals surface area (Å²) in [6.45, 7) is 1.01. The third-order valence-corrected chi connectivity index (χ3v) is 9.69. The number of pyridine rings is 1. The van der Waals surface area contributed by atoms with Gasteiger partial charge >= 0.3 is 0 Å². The molecule has 2 fully saturated rings. The van der Waals surface area contributed by atoms with Crippen LogP contribution in [0.2, 0.25) is 0 Å². The molecular formula is C25H31N5O3S. The van der Waals surface area contributed by atoms with Gasteiger partial charge in [0.2, 0.25) is 10.0 Å². The lowest BCUT2D eigenvalue weighted by atomic mass is 9.95. The number of aromatic amines is 1. The van der Waals surface area contributed by atoms with Gasteiger partial charge in [-0.15, -0.1) is 0 Å². The van der Waals surface area contributed by atoms with Crippen LogP contribution in [0.3, 0.4) is 0 Å². The summed E-state index contributed by atoms with van der Waals surface area (Å²) in [5, 5.41) is 8.70. The van der Waals surface area contributed by atoms with Crippen LogP contribution in [0.25, 0.3) is 10.9 Å². The minimum atomic E-state index is -3.44. The number of benzene rings is 1. The van der Waals surface area contributed by atoms with E-state index >= 15 is 0 Å². The Bertz CT molecular complexity index is 1380. The average molecular weight is 482 g/mol. The van der Waals surface area contributed by atoms with Gasteiger partial charge in [0.15, 0.2) is 5.82 Å². The molecule has 0 saturated heterocycles. The van der Waals surface area contributed by atoms with Crippen LogP contribution in [0.5, 0.6) is 0 Å². The molecule has 0 spiro atoms. The molecule has 0 amide bonds. The largest absolute Gasteiger partial charge is 0.338 e. The summed E-state index contributed by atoms with van der Waals surface area (Å²) >= 11 is 0. The van der Waals surface area contributed by atoms with E-state index in [1.165, 1.54) is 32.1 Å². The monoisotopic (exact) mass is 481 g/mol. The van der Waals surface area contributed by atoms with Crippen LogP contribution < -0.4 is 10.9 Å². The van der Waals surface area contributed by atoms with E-state index in [-0.39, 0.29) is 5.56 Å². The van der Waals surface area contributed by atoms with Crippen molar-refractivity contribution in [3.8, 4) is 0 Å². The average Bonchev–Trinajstić information content (AvgIpc) is 3.53. The van der Waals surface area contributed by atoms with E-state index in [2.05, 4.69) is 10.3 Å². The maximum Gasteiger partial charge on any atom is 0.261 e. The maximum atomic E-state index is 13.1. The summed E-state index contributed by atoms with van der Waals surface area (Å²) in [6, 6.07) is 7.57. The first-order chi connectivity index (χ1) is 16.5. The molecule has 2 saturated carbocycles. The number of rotatable bonds is 5. The Morgan fingerprint density at radius 1 is 1.03 bits per heavy atom. The van der Waals surface area contributed by atoms with Crippen molar-refractivity contribution in [1.29, 1.82) is 0 Å². The second-order valence-electron chi connectivity index (χ2n) is 10.0. The molecule has 2 aliphatic carbocycles. The summed E-state index contributed by atoms with van der Waals surface area (Å²) in [7, 11) is -3.44. The van der Waals surface area contributed by atoms with E-state index in [4.69, 9.17) is 5.10 Å². The normalized spacial score (nSPS) is 21.3. The minimum Gasteiger partial charge on any atom is -0.338 e. The Hall–Kier alpha value is -2.65. The van der Waals surface area contributed by atoms with Crippen LogP contribution in [0, 0.1) is 5.92 Å². The highest BCUT2D eigenvalue weighted by molar-refractivity contribution is 7.89. The summed E-state index contributed by atoms with van der Waals surface area (Å²) < 4.78 is 29.8. The van der Waals surface area contributed by atoms with Crippen molar-refractivity contribution in [1.82, 2.24) is 19.1 Å². The number of sulfonamides is 1. The third kappa shape index (κ3) is 3.75. The molecule has 2 N–H and O–H groups in total. The standard InChI is InChI=1S/C25H31N5O3S/c31-25-23-21(12-13-26-25)30(20-8-2-1-3-9-20)28-24(23)27-19-10-11-22-18(14-19)16-29(34(22,32)33)15-17-6-4-5-7-17/h10-14,17,20H,1-9,15-16H2,(H,26,31)(H,27,28). The first kappa shape index (κ1) is 21.9. The van der Waals surface area contributed by atoms with Crippen LogP contribution >= 0.6 is 0 Å². The molecule has 0 bridgehead atoms. The van der Waals surface area contributed by atoms with Gasteiger partial charge in [0.1, 0.15) is 5.39 Å². The van der Waals surface area contributed by atoms with Gasteiger partial charge in [-0.2, -0.15) is 9.40 Å². The van der Waals surface area contributed by atoms with E-state index in [0.29, 0.717) is 41.1 Å². The number of nitrogens with zero attached hydrogens (tertiary/aromatic N) is 3. The number of aromatic nitrogens is 3. The highest BCUT2D eigenvalue weighted by Crippen LogP contribution is 2.37. The maximum absolute atomic E-state index is 13.1. The molecule has 3 aliphatic rings. The number of nitrogens with one attached hydrogen (secondary N) is 2. The van der Waals surface area contributed by atoms with Crippen molar-refractivity contribution in [3.05, 3.63) is 46.4 Å². The fraction of sp³-hybridized carbons (Fsp3) is 0.520. The van der Waals surface area contributed by atoms with Gasteiger partial charge < -0.3 is 10.3 Å². The fourth-order valence-electron chi connectivity index (χ4n) is 6.02. The Kier molecular flexibility index (Phi) is 5.49. The van der Waals surface area contributed by atoms with Gasteiger partial charge in [-0.1, -0.05) is 32.1 Å². The minimum absolute atomic E-state index is 0.173. The molecule has 0 radical (unpaired) electrons. The van der Waals surface area contributed by atoms with Gasteiger partial charge in [-0.3, -0.25) is 9.48 Å². The van der Waals surface area contributed by atoms with Crippen molar-refractivity contribution in [2.24, 2.45) is 5.92 Å². The van der Waals surface area contributed by atoms with E-state index in [0.717, 1.165) is 42.5 Å². The van der Waals surface area contributed by atoms with Gasteiger partial charge in [0, 0.05) is 25.0 Å². The van der Waals surface area contributed by atoms with Gasteiger partial charge in [-0.05, 0) is 61.4 Å². The quantitative estimate of drug-likeness (QED) is 0.552. The zero-order valence-electron chi connectivity index (χ0n) is 19.3. The molecule has 3 heterocycles. The van der Waals surface area contributed by atoms with E-state index < -0.39 is 10.0 Å². The molecule has 34 heavy (non-hydrogen) atoms. The highest BCUT2D eigenvalue weighted by Gasteiger charge is 2.36. The van der Waals surface area contributed by atoms with Crippen LogP contribution in [0.4, 0.5) is 11.5 Å². The summed E-state index contributed by atoms with van der Waals surface area (Å²) in [6.07, 6.45) is 12.0.